The third-order valence-corrected chi connectivity index (χ3v) is 5.09. The molecule has 2 rings (SSSR count). The van der Waals surface area contributed by atoms with Crippen molar-refractivity contribution < 1.29 is 17.9 Å². The molecular weight excluding hydrogens is 344 g/mol. The molecule has 0 aliphatic rings. The van der Waals surface area contributed by atoms with Gasteiger partial charge in [0.05, 0.1) is 34.1 Å². The molecule has 0 bridgehead atoms. The van der Waals surface area contributed by atoms with E-state index in [9.17, 15) is 13.2 Å². The largest absolute Gasteiger partial charge is 0.493 e. The Labute approximate surface area is 147 Å². The van der Waals surface area contributed by atoms with Crippen LogP contribution in [0.1, 0.15) is 35.6 Å². The molecule has 0 saturated carbocycles. The van der Waals surface area contributed by atoms with E-state index in [2.05, 4.69) is 9.82 Å². The van der Waals surface area contributed by atoms with E-state index in [1.807, 2.05) is 6.92 Å². The summed E-state index contributed by atoms with van der Waals surface area (Å²) in [4.78, 5) is 11.5. The van der Waals surface area contributed by atoms with Crippen LogP contribution in [0.3, 0.4) is 0 Å². The monoisotopic (exact) mass is 366 g/mol. The van der Waals surface area contributed by atoms with Crippen molar-refractivity contribution in [2.45, 2.75) is 39.1 Å². The predicted octanol–water partition coefficient (Wildman–Crippen LogP) is 1.82. The number of rotatable bonds is 7. The summed E-state index contributed by atoms with van der Waals surface area (Å²) in [6, 6.07) is 4.01. The van der Waals surface area contributed by atoms with Gasteiger partial charge in [-0.3, -0.25) is 14.2 Å². The van der Waals surface area contributed by atoms with Crippen LogP contribution in [0.25, 0.3) is 0 Å². The molecule has 3 N–H and O–H groups in total. The normalized spacial score (nSPS) is 11.4. The van der Waals surface area contributed by atoms with E-state index < -0.39 is 15.9 Å². The van der Waals surface area contributed by atoms with Crippen molar-refractivity contribution in [3.05, 3.63) is 35.2 Å². The van der Waals surface area contributed by atoms with Crippen LogP contribution in [0.5, 0.6) is 5.75 Å². The Bertz CT molecular complexity index is 903. The third kappa shape index (κ3) is 3.76. The lowest BCUT2D eigenvalue weighted by atomic mass is 10.2. The molecule has 0 aliphatic carbocycles. The average molecular weight is 366 g/mol. The Morgan fingerprint density at radius 3 is 2.52 bits per heavy atom. The number of primary amides is 1. The summed E-state index contributed by atoms with van der Waals surface area (Å²) in [5.41, 5.74) is 7.06. The maximum Gasteiger partial charge on any atom is 0.262 e. The lowest BCUT2D eigenvalue weighted by Crippen LogP contribution is -2.17. The highest BCUT2D eigenvalue weighted by Crippen LogP contribution is 2.26. The Morgan fingerprint density at radius 2 is 2.00 bits per heavy atom. The van der Waals surface area contributed by atoms with Crippen molar-refractivity contribution in [2.24, 2.45) is 5.73 Å². The second-order valence-electron chi connectivity index (χ2n) is 5.42. The average Bonchev–Trinajstić information content (AvgIpc) is 2.82. The number of carbonyl (C=O) groups excluding carboxylic acids is 1. The van der Waals surface area contributed by atoms with Crippen LogP contribution in [0.2, 0.25) is 0 Å². The molecule has 8 nitrogen and oxygen atoms in total. The van der Waals surface area contributed by atoms with Crippen molar-refractivity contribution in [1.82, 2.24) is 9.78 Å². The molecule has 9 heteroatoms. The molecule has 0 aliphatic heterocycles. The minimum Gasteiger partial charge on any atom is -0.493 e. The summed E-state index contributed by atoms with van der Waals surface area (Å²) in [5, 5.41) is 4.29. The number of ether oxygens (including phenoxy) is 1. The molecule has 25 heavy (non-hydrogen) atoms. The maximum absolute atomic E-state index is 12.7. The molecule has 0 radical (unpaired) electrons. The first-order valence-corrected chi connectivity index (χ1v) is 9.33. The summed E-state index contributed by atoms with van der Waals surface area (Å²) in [6.45, 7) is 8.15. The zero-order valence-corrected chi connectivity index (χ0v) is 15.5. The summed E-state index contributed by atoms with van der Waals surface area (Å²) >= 11 is 0. The van der Waals surface area contributed by atoms with Crippen molar-refractivity contribution in [3.8, 4) is 5.75 Å². The topological polar surface area (TPSA) is 116 Å². The van der Waals surface area contributed by atoms with Gasteiger partial charge in [-0.1, -0.05) is 0 Å². The fourth-order valence-electron chi connectivity index (χ4n) is 2.50. The first kappa shape index (κ1) is 18.8. The number of nitrogens with two attached hydrogens (primary N) is 1. The van der Waals surface area contributed by atoms with Gasteiger partial charge in [-0.15, -0.1) is 0 Å². The van der Waals surface area contributed by atoms with Crippen LogP contribution in [0, 0.1) is 13.8 Å². The Balaban J connectivity index is 2.45. The maximum atomic E-state index is 12.7. The van der Waals surface area contributed by atoms with Crippen LogP contribution < -0.4 is 15.2 Å². The van der Waals surface area contributed by atoms with E-state index in [1.54, 1.807) is 25.5 Å². The van der Waals surface area contributed by atoms with Crippen LogP contribution in [-0.2, 0) is 16.6 Å². The molecule has 1 aromatic heterocycles. The van der Waals surface area contributed by atoms with Gasteiger partial charge in [-0.05, 0) is 45.9 Å². The molecule has 0 unspecified atom stereocenters. The molecule has 1 amide bonds. The van der Waals surface area contributed by atoms with Gasteiger partial charge in [0.15, 0.2) is 0 Å². The summed E-state index contributed by atoms with van der Waals surface area (Å²) in [6.07, 6.45) is 0. The number of hydrogen-bond donors (Lipinski definition) is 2. The minimum atomic E-state index is -3.91. The Hall–Kier alpha value is -2.55. The molecule has 2 aromatic rings. The number of sulfonamides is 1. The van der Waals surface area contributed by atoms with E-state index in [0.717, 1.165) is 0 Å². The van der Waals surface area contributed by atoms with Gasteiger partial charge >= 0.3 is 0 Å². The molecule has 136 valence electrons. The predicted molar refractivity (Wildman–Crippen MR) is 94.3 cm³/mol. The highest BCUT2D eigenvalue weighted by molar-refractivity contribution is 7.92. The molecular formula is C16H22N4O4S. The number of amides is 1. The molecule has 0 atom stereocenters. The Kier molecular flexibility index (Phi) is 5.36. The lowest BCUT2D eigenvalue weighted by Gasteiger charge is -2.12. The van der Waals surface area contributed by atoms with Gasteiger partial charge in [0.25, 0.3) is 15.9 Å². The van der Waals surface area contributed by atoms with Crippen LogP contribution >= 0.6 is 0 Å². The van der Waals surface area contributed by atoms with Crippen LogP contribution in [-0.4, -0.2) is 30.7 Å². The fraction of sp³-hybridized carbons (Fsp3) is 0.375. The van der Waals surface area contributed by atoms with Gasteiger partial charge < -0.3 is 10.5 Å². The third-order valence-electron chi connectivity index (χ3n) is 3.74. The van der Waals surface area contributed by atoms with E-state index in [0.29, 0.717) is 30.2 Å². The van der Waals surface area contributed by atoms with E-state index in [1.165, 1.54) is 18.2 Å². The highest BCUT2D eigenvalue weighted by atomic mass is 32.2. The number of hydrogen-bond acceptors (Lipinski definition) is 5. The number of benzene rings is 1. The number of anilines is 1. The van der Waals surface area contributed by atoms with Crippen molar-refractivity contribution >= 4 is 21.6 Å². The standard InChI is InChI=1S/C16H22N4O4S/c1-5-20-11(4)15(10(3)18-20)19-25(22,23)12-7-8-14(24-6-2)13(9-12)16(17)21/h7-9,19H,5-6H2,1-4H3,(H2,17,21). The molecule has 0 spiro atoms. The van der Waals surface area contributed by atoms with E-state index in [4.69, 9.17) is 10.5 Å². The van der Waals surface area contributed by atoms with Gasteiger partial charge in [-0.2, -0.15) is 5.10 Å². The van der Waals surface area contributed by atoms with Gasteiger partial charge in [-0.25, -0.2) is 8.42 Å². The first-order valence-electron chi connectivity index (χ1n) is 7.84. The first-order chi connectivity index (χ1) is 11.7. The number of nitrogens with one attached hydrogen (secondary N) is 1. The molecule has 0 saturated heterocycles. The minimum absolute atomic E-state index is 0.0161. The summed E-state index contributed by atoms with van der Waals surface area (Å²) in [7, 11) is -3.91. The number of nitrogens with zero attached hydrogens (tertiary/aromatic N) is 2. The second kappa shape index (κ2) is 7.14. The van der Waals surface area contributed by atoms with Gasteiger partial charge in [0.2, 0.25) is 0 Å². The van der Waals surface area contributed by atoms with Crippen molar-refractivity contribution in [1.29, 1.82) is 0 Å². The van der Waals surface area contributed by atoms with Crippen molar-refractivity contribution in [2.75, 3.05) is 11.3 Å². The Morgan fingerprint density at radius 1 is 1.32 bits per heavy atom. The number of aromatic nitrogens is 2. The SMILES string of the molecule is CCOc1ccc(S(=O)(=O)Nc2c(C)nn(CC)c2C)cc1C(N)=O. The van der Waals surface area contributed by atoms with Crippen LogP contribution in [0.4, 0.5) is 5.69 Å². The van der Waals surface area contributed by atoms with Crippen LogP contribution in [0.15, 0.2) is 23.1 Å². The molecule has 1 heterocycles. The summed E-state index contributed by atoms with van der Waals surface area (Å²) < 4.78 is 35.0. The molecule has 1 aromatic carbocycles. The molecule has 0 fully saturated rings. The van der Waals surface area contributed by atoms with Gasteiger partial charge in [0, 0.05) is 6.54 Å². The zero-order chi connectivity index (χ0) is 18.8. The van der Waals surface area contributed by atoms with E-state index >= 15 is 0 Å². The quantitative estimate of drug-likeness (QED) is 0.775. The van der Waals surface area contributed by atoms with E-state index in [-0.39, 0.29) is 16.2 Å². The number of aryl methyl sites for hydroxylation is 2. The highest BCUT2D eigenvalue weighted by Gasteiger charge is 2.22. The smallest absolute Gasteiger partial charge is 0.262 e. The zero-order valence-electron chi connectivity index (χ0n) is 14.7. The van der Waals surface area contributed by atoms with Crippen molar-refractivity contribution in [3.63, 3.8) is 0 Å². The fourth-order valence-corrected chi connectivity index (χ4v) is 3.70. The summed E-state index contributed by atoms with van der Waals surface area (Å²) in [5.74, 6) is -0.508. The second-order valence-corrected chi connectivity index (χ2v) is 7.10. The lowest BCUT2D eigenvalue weighted by molar-refractivity contribution is 0.0996. The number of carbonyl (C=O) groups is 1. The van der Waals surface area contributed by atoms with Gasteiger partial charge in [0.1, 0.15) is 5.75 Å².